The largest absolute Gasteiger partial charge is 0.352 e. The second kappa shape index (κ2) is 6.97. The van der Waals surface area contributed by atoms with Gasteiger partial charge in [-0.05, 0) is 71.2 Å². The van der Waals surface area contributed by atoms with E-state index in [2.05, 4.69) is 47.5 Å². The molecule has 2 aromatic rings. The summed E-state index contributed by atoms with van der Waals surface area (Å²) in [6.07, 6.45) is 2.17. The van der Waals surface area contributed by atoms with Gasteiger partial charge in [0.2, 0.25) is 5.95 Å². The molecule has 1 aromatic carbocycles. The predicted octanol–water partition coefficient (Wildman–Crippen LogP) is 4.21. The number of imidazole rings is 1. The van der Waals surface area contributed by atoms with Crippen LogP contribution in [-0.4, -0.2) is 33.6 Å². The van der Waals surface area contributed by atoms with Crippen molar-refractivity contribution in [2.24, 2.45) is 0 Å². The molecule has 130 valence electrons. The van der Waals surface area contributed by atoms with Crippen molar-refractivity contribution in [3.05, 3.63) is 25.1 Å². The summed E-state index contributed by atoms with van der Waals surface area (Å²) in [6, 6.07) is 2.28. The number of hydrogen-bond acceptors (Lipinski definition) is 5. The van der Waals surface area contributed by atoms with E-state index in [0.717, 1.165) is 31.4 Å². The molecule has 2 N–H and O–H groups in total. The smallest absolute Gasteiger partial charge is 0.312 e. The van der Waals surface area contributed by atoms with Crippen molar-refractivity contribution in [2.75, 3.05) is 18.4 Å². The van der Waals surface area contributed by atoms with Crippen LogP contribution in [0.3, 0.4) is 0 Å². The summed E-state index contributed by atoms with van der Waals surface area (Å²) >= 11 is 6.71. The van der Waals surface area contributed by atoms with Gasteiger partial charge in [-0.3, -0.25) is 10.1 Å². The zero-order valence-corrected chi connectivity index (χ0v) is 16.6. The van der Waals surface area contributed by atoms with E-state index >= 15 is 0 Å². The molecule has 0 amide bonds. The van der Waals surface area contributed by atoms with Crippen LogP contribution < -0.4 is 10.6 Å². The normalized spacial score (nSPS) is 18.3. The minimum Gasteiger partial charge on any atom is -0.352 e. The first-order valence-corrected chi connectivity index (χ1v) is 9.50. The highest BCUT2D eigenvalue weighted by Gasteiger charge is 2.27. The van der Waals surface area contributed by atoms with Crippen LogP contribution in [-0.2, 0) is 0 Å². The Morgan fingerprint density at radius 1 is 1.50 bits per heavy atom. The van der Waals surface area contributed by atoms with Crippen LogP contribution in [0, 0.1) is 10.1 Å². The number of piperidine rings is 1. The van der Waals surface area contributed by atoms with Crippen molar-refractivity contribution in [3.8, 4) is 0 Å². The van der Waals surface area contributed by atoms with Crippen molar-refractivity contribution >= 4 is 54.5 Å². The van der Waals surface area contributed by atoms with E-state index < -0.39 is 0 Å². The second-order valence-electron chi connectivity index (χ2n) is 6.23. The summed E-state index contributed by atoms with van der Waals surface area (Å²) in [7, 11) is 0. The second-order valence-corrected chi connectivity index (χ2v) is 7.88. The third-order valence-corrected chi connectivity index (χ3v) is 6.14. The van der Waals surface area contributed by atoms with Crippen LogP contribution in [0.5, 0.6) is 0 Å². The molecule has 0 aliphatic carbocycles. The zero-order valence-electron chi connectivity index (χ0n) is 13.5. The number of aromatic nitrogens is 2. The van der Waals surface area contributed by atoms with Gasteiger partial charge in [0, 0.05) is 23.1 Å². The molecule has 1 aliphatic heterocycles. The summed E-state index contributed by atoms with van der Waals surface area (Å²) in [5, 5.41) is 18.4. The van der Waals surface area contributed by atoms with Crippen LogP contribution >= 0.6 is 31.9 Å². The van der Waals surface area contributed by atoms with Gasteiger partial charge in [-0.15, -0.1) is 0 Å². The Morgan fingerprint density at radius 2 is 2.25 bits per heavy atom. The summed E-state index contributed by atoms with van der Waals surface area (Å²) in [5.74, 6) is 0.682. The molecule has 0 spiro atoms. The number of nitrogens with one attached hydrogen (secondary N) is 2. The van der Waals surface area contributed by atoms with Gasteiger partial charge in [0.25, 0.3) is 0 Å². The fourth-order valence-electron chi connectivity index (χ4n) is 3.11. The van der Waals surface area contributed by atoms with Gasteiger partial charge < -0.3 is 15.2 Å². The Balaban J connectivity index is 2.16. The molecule has 1 fully saturated rings. The van der Waals surface area contributed by atoms with E-state index in [1.807, 2.05) is 24.5 Å². The van der Waals surface area contributed by atoms with Crippen LogP contribution in [0.2, 0.25) is 0 Å². The van der Waals surface area contributed by atoms with Gasteiger partial charge >= 0.3 is 5.69 Å². The molecule has 2 heterocycles. The summed E-state index contributed by atoms with van der Waals surface area (Å²) in [4.78, 5) is 15.7. The SMILES string of the molecule is CC(C)n1c(N[C@H]2CCCNC2)nc2c([N+](=O)[O-])c(Br)c(Br)cc21. The molecule has 1 saturated heterocycles. The van der Waals surface area contributed by atoms with Crippen molar-refractivity contribution in [2.45, 2.75) is 38.8 Å². The molecule has 0 saturated carbocycles. The Kier molecular flexibility index (Phi) is 5.12. The maximum atomic E-state index is 11.5. The number of nitro benzene ring substituents is 1. The van der Waals surface area contributed by atoms with Crippen molar-refractivity contribution in [1.29, 1.82) is 0 Å². The highest BCUT2D eigenvalue weighted by molar-refractivity contribution is 9.13. The molecule has 9 heteroatoms. The average molecular weight is 461 g/mol. The first-order chi connectivity index (χ1) is 11.4. The lowest BCUT2D eigenvalue weighted by molar-refractivity contribution is -0.384. The zero-order chi connectivity index (χ0) is 17.4. The Labute approximate surface area is 156 Å². The van der Waals surface area contributed by atoms with E-state index in [9.17, 15) is 10.1 Å². The number of anilines is 1. The summed E-state index contributed by atoms with van der Waals surface area (Å²) in [6.45, 7) is 6.00. The van der Waals surface area contributed by atoms with Crippen LogP contribution in [0.1, 0.15) is 32.7 Å². The molecule has 7 nitrogen and oxygen atoms in total. The highest BCUT2D eigenvalue weighted by Crippen LogP contribution is 2.40. The molecule has 0 unspecified atom stereocenters. The van der Waals surface area contributed by atoms with Gasteiger partial charge in [0.05, 0.1) is 10.4 Å². The minimum absolute atomic E-state index is 0.0106. The maximum Gasteiger partial charge on any atom is 0.312 e. The third-order valence-electron chi connectivity index (χ3n) is 4.18. The Bertz CT molecular complexity index is 784. The number of fused-ring (bicyclic) bond motifs is 1. The lowest BCUT2D eigenvalue weighted by Gasteiger charge is -2.25. The highest BCUT2D eigenvalue weighted by atomic mass is 79.9. The van der Waals surface area contributed by atoms with E-state index in [-0.39, 0.29) is 22.7 Å². The van der Waals surface area contributed by atoms with E-state index in [4.69, 9.17) is 0 Å². The first-order valence-electron chi connectivity index (χ1n) is 7.91. The number of benzene rings is 1. The van der Waals surface area contributed by atoms with Crippen LogP contribution in [0.25, 0.3) is 11.0 Å². The van der Waals surface area contributed by atoms with Gasteiger partial charge in [0.15, 0.2) is 5.52 Å². The van der Waals surface area contributed by atoms with Gasteiger partial charge in [-0.2, -0.15) is 0 Å². The van der Waals surface area contributed by atoms with E-state index in [1.165, 1.54) is 0 Å². The lowest BCUT2D eigenvalue weighted by Crippen LogP contribution is -2.39. The maximum absolute atomic E-state index is 11.5. The van der Waals surface area contributed by atoms with Gasteiger partial charge in [-0.1, -0.05) is 0 Å². The van der Waals surface area contributed by atoms with Crippen LogP contribution in [0.15, 0.2) is 15.0 Å². The summed E-state index contributed by atoms with van der Waals surface area (Å²) < 4.78 is 3.09. The molecule has 1 atom stereocenters. The minimum atomic E-state index is -0.388. The number of rotatable bonds is 4. The molecule has 0 bridgehead atoms. The Hall–Kier alpha value is -1.19. The predicted molar refractivity (Wildman–Crippen MR) is 102 cm³/mol. The van der Waals surface area contributed by atoms with Crippen molar-refractivity contribution in [1.82, 2.24) is 14.9 Å². The average Bonchev–Trinajstić information content (AvgIpc) is 2.86. The first kappa shape index (κ1) is 17.6. The lowest BCUT2D eigenvalue weighted by atomic mass is 10.1. The van der Waals surface area contributed by atoms with Crippen molar-refractivity contribution in [3.63, 3.8) is 0 Å². The number of hydrogen-bond donors (Lipinski definition) is 2. The van der Waals surface area contributed by atoms with Gasteiger partial charge in [0.1, 0.15) is 4.47 Å². The third kappa shape index (κ3) is 3.16. The quantitative estimate of drug-likeness (QED) is 0.527. The molecule has 24 heavy (non-hydrogen) atoms. The van der Waals surface area contributed by atoms with Crippen molar-refractivity contribution < 1.29 is 4.92 Å². The standard InChI is InChI=1S/C15H19Br2N5O2/c1-8(2)21-11-6-10(16)12(17)14(22(23)24)13(11)20-15(21)19-9-4-3-5-18-7-9/h6,8-9,18H,3-5,7H2,1-2H3,(H,19,20)/t9-/m0/s1. The van der Waals surface area contributed by atoms with Crippen LogP contribution in [0.4, 0.5) is 11.6 Å². The molecule has 0 radical (unpaired) electrons. The fraction of sp³-hybridized carbons (Fsp3) is 0.533. The molecule has 1 aliphatic rings. The molecular weight excluding hydrogens is 442 g/mol. The van der Waals surface area contributed by atoms with E-state index in [1.54, 1.807) is 0 Å². The monoisotopic (exact) mass is 459 g/mol. The molecule has 1 aromatic heterocycles. The molecule has 3 rings (SSSR count). The van der Waals surface area contributed by atoms with Gasteiger partial charge in [-0.25, -0.2) is 4.98 Å². The Morgan fingerprint density at radius 3 is 2.83 bits per heavy atom. The van der Waals surface area contributed by atoms with E-state index in [0.29, 0.717) is 20.4 Å². The topological polar surface area (TPSA) is 85.0 Å². The molecular formula is C15H19Br2N5O2. The number of halogens is 2. The summed E-state index contributed by atoms with van der Waals surface area (Å²) in [5.41, 5.74) is 1.14. The fourth-order valence-corrected chi connectivity index (χ4v) is 3.96. The number of nitrogens with zero attached hydrogens (tertiary/aromatic N) is 3. The number of nitro groups is 1.